The van der Waals surface area contributed by atoms with Crippen molar-refractivity contribution in [1.29, 1.82) is 0 Å². The average molecular weight is 515 g/mol. The lowest BCUT2D eigenvalue weighted by Gasteiger charge is -2.36. The van der Waals surface area contributed by atoms with Gasteiger partial charge >= 0.3 is 0 Å². The zero-order valence-electron chi connectivity index (χ0n) is 20.0. The van der Waals surface area contributed by atoms with Crippen molar-refractivity contribution in [3.05, 3.63) is 70.8 Å². The average Bonchev–Trinajstić information content (AvgIpc) is 3.28. The number of aryl methyl sites for hydroxylation is 1. The fourth-order valence-electron chi connectivity index (χ4n) is 4.56. The largest absolute Gasteiger partial charge is 0.373 e. The number of sulfonamides is 1. The molecule has 0 aliphatic carbocycles. The predicted octanol–water partition coefficient (Wildman–Crippen LogP) is 0.781. The summed E-state index contributed by atoms with van der Waals surface area (Å²) in [7, 11) is -1.98. The number of benzene rings is 1. The summed E-state index contributed by atoms with van der Waals surface area (Å²) in [6.45, 7) is 4.03. The van der Waals surface area contributed by atoms with E-state index >= 15 is 0 Å². The van der Waals surface area contributed by atoms with Crippen molar-refractivity contribution in [3.8, 4) is 0 Å². The van der Waals surface area contributed by atoms with Crippen LogP contribution in [0.25, 0.3) is 11.0 Å². The summed E-state index contributed by atoms with van der Waals surface area (Å²) in [6, 6.07) is 9.42. The number of likely N-dealkylation sites (tertiary alicyclic amines) is 1. The number of rotatable bonds is 9. The van der Waals surface area contributed by atoms with Gasteiger partial charge < -0.3 is 10.0 Å². The molecule has 12 heteroatoms. The van der Waals surface area contributed by atoms with Crippen LogP contribution in [-0.4, -0.2) is 63.3 Å². The Morgan fingerprint density at radius 2 is 1.97 bits per heavy atom. The van der Waals surface area contributed by atoms with Gasteiger partial charge in [0.15, 0.2) is 5.65 Å². The quantitative estimate of drug-likeness (QED) is 0.430. The van der Waals surface area contributed by atoms with Crippen molar-refractivity contribution < 1.29 is 18.3 Å². The summed E-state index contributed by atoms with van der Waals surface area (Å²) in [6.07, 6.45) is 3.04. The van der Waals surface area contributed by atoms with Crippen molar-refractivity contribution in [2.45, 2.75) is 25.5 Å². The molecule has 1 amide bonds. The molecule has 2 aromatic heterocycles. The lowest BCUT2D eigenvalue weighted by Crippen LogP contribution is -2.46. The zero-order valence-corrected chi connectivity index (χ0v) is 20.8. The normalized spacial score (nSPS) is 16.7. The number of carbonyl (C=O) groups excluding carboxylic acids is 1. The molecular formula is C24H30N6O5S. The van der Waals surface area contributed by atoms with E-state index in [1.54, 1.807) is 11.9 Å². The molecule has 36 heavy (non-hydrogen) atoms. The number of carbonyl (C=O) groups is 1. The third-order valence-electron chi connectivity index (χ3n) is 6.66. The highest BCUT2D eigenvalue weighted by atomic mass is 32.2. The number of hydrogen-bond donors (Lipinski definition) is 2. The van der Waals surface area contributed by atoms with Gasteiger partial charge in [0.05, 0.1) is 12.1 Å². The SMILES string of the molecule is C=CS(=O)(=O)NC[C@@H](Cc1ccccc1)C(=O)N1CCC(C(O)n2cnc3c(cnn3C)c2=O)CC1. The molecule has 1 unspecified atom stereocenters. The smallest absolute Gasteiger partial charge is 0.266 e. The fraction of sp³-hybridized carbons (Fsp3) is 0.417. The van der Waals surface area contributed by atoms with E-state index in [-0.39, 0.29) is 23.9 Å². The maximum Gasteiger partial charge on any atom is 0.266 e. The van der Waals surface area contributed by atoms with Gasteiger partial charge in [-0.3, -0.25) is 18.8 Å². The summed E-state index contributed by atoms with van der Waals surface area (Å²) in [5.74, 6) is -0.993. The van der Waals surface area contributed by atoms with Gasteiger partial charge in [0, 0.05) is 38.0 Å². The number of piperidine rings is 1. The molecule has 4 rings (SSSR count). The lowest BCUT2D eigenvalue weighted by atomic mass is 9.92. The molecule has 1 saturated heterocycles. The number of fused-ring (bicyclic) bond motifs is 1. The molecule has 1 aliphatic rings. The van der Waals surface area contributed by atoms with Gasteiger partial charge in [-0.05, 0) is 24.8 Å². The highest BCUT2D eigenvalue weighted by Crippen LogP contribution is 2.27. The summed E-state index contributed by atoms with van der Waals surface area (Å²) in [5, 5.41) is 16.1. The van der Waals surface area contributed by atoms with Crippen molar-refractivity contribution >= 4 is 27.0 Å². The number of aliphatic hydroxyl groups is 1. The molecule has 1 aromatic carbocycles. The molecule has 0 bridgehead atoms. The minimum absolute atomic E-state index is 0.0448. The Morgan fingerprint density at radius 3 is 2.64 bits per heavy atom. The van der Waals surface area contributed by atoms with E-state index in [2.05, 4.69) is 21.4 Å². The molecule has 3 aromatic rings. The van der Waals surface area contributed by atoms with E-state index < -0.39 is 22.2 Å². The van der Waals surface area contributed by atoms with Crippen LogP contribution in [-0.2, 0) is 28.3 Å². The second-order valence-corrected chi connectivity index (χ2v) is 10.7. The van der Waals surface area contributed by atoms with Gasteiger partial charge in [0.2, 0.25) is 15.9 Å². The van der Waals surface area contributed by atoms with Crippen LogP contribution >= 0.6 is 0 Å². The molecule has 0 saturated carbocycles. The van der Waals surface area contributed by atoms with E-state index in [4.69, 9.17) is 0 Å². The van der Waals surface area contributed by atoms with Crippen LogP contribution < -0.4 is 10.3 Å². The summed E-state index contributed by atoms with van der Waals surface area (Å²) in [4.78, 5) is 32.2. The van der Waals surface area contributed by atoms with E-state index in [9.17, 15) is 23.1 Å². The predicted molar refractivity (Wildman–Crippen MR) is 134 cm³/mol. The number of amides is 1. The fourth-order valence-corrected chi connectivity index (χ4v) is 5.11. The molecule has 0 radical (unpaired) electrons. The van der Waals surface area contributed by atoms with Crippen LogP contribution in [0.15, 0.2) is 59.6 Å². The Bertz CT molecular complexity index is 1390. The number of nitrogens with zero attached hydrogens (tertiary/aromatic N) is 5. The van der Waals surface area contributed by atoms with Crippen LogP contribution in [0.3, 0.4) is 0 Å². The molecule has 192 valence electrons. The summed E-state index contributed by atoms with van der Waals surface area (Å²) >= 11 is 0. The monoisotopic (exact) mass is 514 g/mol. The zero-order chi connectivity index (χ0) is 25.9. The Balaban J connectivity index is 1.44. The molecule has 2 N–H and O–H groups in total. The second-order valence-electron chi connectivity index (χ2n) is 8.99. The topological polar surface area (TPSA) is 139 Å². The molecular weight excluding hydrogens is 484 g/mol. The van der Waals surface area contributed by atoms with Gasteiger partial charge in [0.1, 0.15) is 17.9 Å². The standard InChI is InChI=1S/C24H30N6O5S/c1-3-36(34,35)27-14-19(13-17-7-5-4-6-8-17)22(31)29-11-9-18(10-12-29)23(32)30-16-25-21-20(24(30)33)15-26-28(21)2/h3-8,15-16,18-19,23,27,32H,1,9-14H2,2H3/t19-,23?/m1/s1. The van der Waals surface area contributed by atoms with Crippen LogP contribution in [0.1, 0.15) is 24.6 Å². The molecule has 2 atom stereocenters. The van der Waals surface area contributed by atoms with Crippen molar-refractivity contribution in [2.24, 2.45) is 18.9 Å². The van der Waals surface area contributed by atoms with E-state index in [1.165, 1.54) is 21.8 Å². The first-order valence-corrected chi connectivity index (χ1v) is 13.3. The van der Waals surface area contributed by atoms with Crippen molar-refractivity contribution in [2.75, 3.05) is 19.6 Å². The van der Waals surface area contributed by atoms with Crippen LogP contribution in [0, 0.1) is 11.8 Å². The van der Waals surface area contributed by atoms with Crippen molar-refractivity contribution in [3.63, 3.8) is 0 Å². The maximum atomic E-state index is 13.4. The van der Waals surface area contributed by atoms with E-state index in [1.807, 2.05) is 30.3 Å². The Kier molecular flexibility index (Phi) is 7.67. The van der Waals surface area contributed by atoms with Gasteiger partial charge in [0.25, 0.3) is 5.56 Å². The number of hydrogen-bond acceptors (Lipinski definition) is 7. The third kappa shape index (κ3) is 5.55. The van der Waals surface area contributed by atoms with Gasteiger partial charge in [-0.2, -0.15) is 5.10 Å². The Labute approximate surface area is 209 Å². The minimum Gasteiger partial charge on any atom is -0.373 e. The Hall–Kier alpha value is -3.35. The van der Waals surface area contributed by atoms with Crippen LogP contribution in [0.4, 0.5) is 0 Å². The molecule has 0 spiro atoms. The van der Waals surface area contributed by atoms with Gasteiger partial charge in [-0.15, -0.1) is 0 Å². The van der Waals surface area contributed by atoms with E-state index in [0.717, 1.165) is 11.0 Å². The number of nitrogens with one attached hydrogen (secondary N) is 1. The molecule has 1 aliphatic heterocycles. The first-order valence-electron chi connectivity index (χ1n) is 11.7. The molecule has 3 heterocycles. The molecule has 11 nitrogen and oxygen atoms in total. The second kappa shape index (κ2) is 10.7. The highest BCUT2D eigenvalue weighted by Gasteiger charge is 2.32. The summed E-state index contributed by atoms with van der Waals surface area (Å²) < 4.78 is 28.9. The summed E-state index contributed by atoms with van der Waals surface area (Å²) in [5.41, 5.74) is 1.01. The Morgan fingerprint density at radius 1 is 1.28 bits per heavy atom. The van der Waals surface area contributed by atoms with Crippen molar-refractivity contribution in [1.82, 2.24) is 29.0 Å². The lowest BCUT2D eigenvalue weighted by molar-refractivity contribution is -0.137. The highest BCUT2D eigenvalue weighted by molar-refractivity contribution is 7.92. The number of aliphatic hydroxyl groups excluding tert-OH is 1. The number of aromatic nitrogens is 4. The van der Waals surface area contributed by atoms with Gasteiger partial charge in [-0.1, -0.05) is 36.9 Å². The minimum atomic E-state index is -3.67. The van der Waals surface area contributed by atoms with Crippen LogP contribution in [0.2, 0.25) is 0 Å². The van der Waals surface area contributed by atoms with Gasteiger partial charge in [-0.25, -0.2) is 18.1 Å². The first kappa shape index (κ1) is 25.7. The first-order chi connectivity index (χ1) is 17.2. The third-order valence-corrected chi connectivity index (χ3v) is 7.67. The van der Waals surface area contributed by atoms with Crippen LogP contribution in [0.5, 0.6) is 0 Å². The molecule has 1 fully saturated rings. The maximum absolute atomic E-state index is 13.4. The van der Waals surface area contributed by atoms with E-state index in [0.29, 0.717) is 43.4 Å².